The van der Waals surface area contributed by atoms with Gasteiger partial charge in [0.25, 0.3) is 0 Å². The zero-order valence-electron chi connectivity index (χ0n) is 17.6. The molecular weight excluding hydrogens is 352 g/mol. The molecule has 3 heterocycles. The minimum atomic E-state index is 0.275. The summed E-state index contributed by atoms with van der Waals surface area (Å²) in [5, 5.41) is 12.9. The van der Waals surface area contributed by atoms with Crippen LogP contribution in [0.4, 0.5) is 0 Å². The molecule has 7 heteroatoms. The van der Waals surface area contributed by atoms with Crippen LogP contribution in [0.15, 0.2) is 0 Å². The number of rotatable bonds is 8. The number of tetrazole rings is 1. The number of piperazine rings is 1. The fourth-order valence-electron chi connectivity index (χ4n) is 5.29. The Labute approximate surface area is 169 Å². The summed E-state index contributed by atoms with van der Waals surface area (Å²) in [7, 11) is 0. The van der Waals surface area contributed by atoms with E-state index in [-0.39, 0.29) is 6.10 Å². The molecule has 2 saturated heterocycles. The van der Waals surface area contributed by atoms with Gasteiger partial charge in [-0.1, -0.05) is 39.0 Å². The Kier molecular flexibility index (Phi) is 7.31. The van der Waals surface area contributed by atoms with Crippen molar-refractivity contribution < 1.29 is 4.74 Å². The molecule has 0 N–H and O–H groups in total. The van der Waals surface area contributed by atoms with Crippen molar-refractivity contribution in [1.29, 1.82) is 0 Å². The van der Waals surface area contributed by atoms with Crippen LogP contribution in [0.3, 0.4) is 0 Å². The van der Waals surface area contributed by atoms with Crippen LogP contribution in [0.25, 0.3) is 0 Å². The molecule has 0 spiro atoms. The van der Waals surface area contributed by atoms with Crippen LogP contribution in [-0.4, -0.2) is 74.9 Å². The number of nitrogens with zero attached hydrogens (tertiary/aromatic N) is 6. The van der Waals surface area contributed by atoms with E-state index in [9.17, 15) is 0 Å². The standard InChI is InChI=1S/C21H38N6O/c1-2-3-11-20(21-22-23-24-27(21)17-19-10-7-16-28-19)26-14-12-25(13-15-26)18-8-5-4-6-9-18/h18-20H,2-17H2,1H3. The molecule has 3 aliphatic rings. The third-order valence-corrected chi connectivity index (χ3v) is 6.97. The summed E-state index contributed by atoms with van der Waals surface area (Å²) < 4.78 is 7.86. The molecule has 28 heavy (non-hydrogen) atoms. The number of ether oxygens (including phenoxy) is 1. The molecule has 4 rings (SSSR count). The summed E-state index contributed by atoms with van der Waals surface area (Å²) in [6.07, 6.45) is 13.2. The average molecular weight is 391 g/mol. The third kappa shape index (κ3) is 4.92. The highest BCUT2D eigenvalue weighted by Crippen LogP contribution is 2.29. The topological polar surface area (TPSA) is 59.3 Å². The van der Waals surface area contributed by atoms with Crippen molar-refractivity contribution in [3.05, 3.63) is 5.82 Å². The Balaban J connectivity index is 1.40. The highest BCUT2D eigenvalue weighted by molar-refractivity contribution is 4.96. The molecule has 3 fully saturated rings. The summed E-state index contributed by atoms with van der Waals surface area (Å²) in [4.78, 5) is 5.40. The van der Waals surface area contributed by atoms with E-state index in [4.69, 9.17) is 4.74 Å². The van der Waals surface area contributed by atoms with Crippen molar-refractivity contribution in [2.45, 2.75) is 95.9 Å². The first-order valence-electron chi connectivity index (χ1n) is 11.7. The number of hydrogen-bond acceptors (Lipinski definition) is 6. The van der Waals surface area contributed by atoms with E-state index in [1.807, 2.05) is 4.68 Å². The predicted octanol–water partition coefficient (Wildman–Crippen LogP) is 3.03. The first-order chi connectivity index (χ1) is 13.8. The quantitative estimate of drug-likeness (QED) is 0.680. The minimum Gasteiger partial charge on any atom is -0.376 e. The van der Waals surface area contributed by atoms with E-state index in [1.165, 1.54) is 58.0 Å². The van der Waals surface area contributed by atoms with Gasteiger partial charge in [0.15, 0.2) is 5.82 Å². The first kappa shape index (κ1) is 20.2. The van der Waals surface area contributed by atoms with Crippen LogP contribution in [0, 0.1) is 0 Å². The van der Waals surface area contributed by atoms with E-state index < -0.39 is 0 Å². The van der Waals surface area contributed by atoms with Crippen molar-refractivity contribution >= 4 is 0 Å². The zero-order valence-corrected chi connectivity index (χ0v) is 17.6. The number of aromatic nitrogens is 4. The summed E-state index contributed by atoms with van der Waals surface area (Å²) in [6.45, 7) is 8.61. The monoisotopic (exact) mass is 390 g/mol. The lowest BCUT2D eigenvalue weighted by Crippen LogP contribution is -2.51. The van der Waals surface area contributed by atoms with Gasteiger partial charge in [-0.05, 0) is 42.5 Å². The minimum absolute atomic E-state index is 0.275. The van der Waals surface area contributed by atoms with Crippen LogP contribution < -0.4 is 0 Å². The largest absolute Gasteiger partial charge is 0.376 e. The predicted molar refractivity (Wildman–Crippen MR) is 109 cm³/mol. The zero-order chi connectivity index (χ0) is 19.2. The van der Waals surface area contributed by atoms with Crippen molar-refractivity contribution in [3.8, 4) is 0 Å². The van der Waals surface area contributed by atoms with Crippen molar-refractivity contribution in [3.63, 3.8) is 0 Å². The number of unbranched alkanes of at least 4 members (excludes halogenated alkanes) is 1. The summed E-state index contributed by atoms with van der Waals surface area (Å²) in [6, 6.07) is 1.17. The lowest BCUT2D eigenvalue weighted by Gasteiger charge is -2.43. The second kappa shape index (κ2) is 10.1. The molecule has 1 aromatic rings. The van der Waals surface area contributed by atoms with E-state index in [0.29, 0.717) is 6.04 Å². The normalized spacial score (nSPS) is 26.7. The molecule has 1 saturated carbocycles. The van der Waals surface area contributed by atoms with E-state index >= 15 is 0 Å². The maximum Gasteiger partial charge on any atom is 0.168 e. The summed E-state index contributed by atoms with van der Waals surface area (Å²) in [5.74, 6) is 1.05. The molecule has 0 radical (unpaired) electrons. The van der Waals surface area contributed by atoms with Crippen LogP contribution in [0.1, 0.15) is 83.0 Å². The van der Waals surface area contributed by atoms with Crippen LogP contribution >= 0.6 is 0 Å². The lowest BCUT2D eigenvalue weighted by atomic mass is 9.93. The Morgan fingerprint density at radius 2 is 1.86 bits per heavy atom. The molecule has 0 bridgehead atoms. The fourth-order valence-corrected chi connectivity index (χ4v) is 5.29. The lowest BCUT2D eigenvalue weighted by molar-refractivity contribution is 0.0474. The molecule has 2 aliphatic heterocycles. The van der Waals surface area contributed by atoms with Crippen LogP contribution in [0.5, 0.6) is 0 Å². The van der Waals surface area contributed by atoms with Gasteiger partial charge in [0.1, 0.15) is 0 Å². The highest BCUT2D eigenvalue weighted by atomic mass is 16.5. The van der Waals surface area contributed by atoms with Gasteiger partial charge >= 0.3 is 0 Å². The van der Waals surface area contributed by atoms with Crippen molar-refractivity contribution in [1.82, 2.24) is 30.0 Å². The van der Waals surface area contributed by atoms with Gasteiger partial charge in [0.2, 0.25) is 0 Å². The van der Waals surface area contributed by atoms with E-state index in [1.54, 1.807) is 0 Å². The Bertz CT molecular complexity index is 573. The maximum absolute atomic E-state index is 5.83. The average Bonchev–Trinajstić information content (AvgIpc) is 3.42. The fraction of sp³-hybridized carbons (Fsp3) is 0.952. The molecule has 7 nitrogen and oxygen atoms in total. The van der Waals surface area contributed by atoms with Gasteiger partial charge in [-0.3, -0.25) is 9.80 Å². The maximum atomic E-state index is 5.83. The second-order valence-electron chi connectivity index (χ2n) is 8.88. The molecule has 158 valence electrons. The van der Waals surface area contributed by atoms with Crippen LogP contribution in [0.2, 0.25) is 0 Å². The van der Waals surface area contributed by atoms with Crippen molar-refractivity contribution in [2.24, 2.45) is 0 Å². The summed E-state index contributed by atoms with van der Waals surface area (Å²) in [5.41, 5.74) is 0. The summed E-state index contributed by atoms with van der Waals surface area (Å²) >= 11 is 0. The highest BCUT2D eigenvalue weighted by Gasteiger charge is 2.32. The first-order valence-corrected chi connectivity index (χ1v) is 11.7. The van der Waals surface area contributed by atoms with Gasteiger partial charge in [0.05, 0.1) is 18.7 Å². The second-order valence-corrected chi connectivity index (χ2v) is 8.88. The Morgan fingerprint density at radius 1 is 1.04 bits per heavy atom. The van der Waals surface area contributed by atoms with Gasteiger partial charge < -0.3 is 4.74 Å². The van der Waals surface area contributed by atoms with Gasteiger partial charge in [-0.2, -0.15) is 0 Å². The smallest absolute Gasteiger partial charge is 0.168 e. The Morgan fingerprint density at radius 3 is 2.57 bits per heavy atom. The van der Waals surface area contributed by atoms with Gasteiger partial charge in [0, 0.05) is 38.8 Å². The molecule has 1 aromatic heterocycles. The van der Waals surface area contributed by atoms with Crippen LogP contribution in [-0.2, 0) is 11.3 Å². The number of hydrogen-bond donors (Lipinski definition) is 0. The SMILES string of the molecule is CCCCC(c1nnnn1CC1CCCO1)N1CCN(C2CCCCC2)CC1. The molecule has 2 unspecified atom stereocenters. The molecule has 2 atom stereocenters. The van der Waals surface area contributed by atoms with E-state index in [2.05, 4.69) is 32.2 Å². The molecule has 0 aromatic carbocycles. The van der Waals surface area contributed by atoms with E-state index in [0.717, 1.165) is 57.4 Å². The molecule has 0 amide bonds. The molecular formula is C21H38N6O. The molecule has 1 aliphatic carbocycles. The van der Waals surface area contributed by atoms with Gasteiger partial charge in [-0.15, -0.1) is 5.10 Å². The Hall–Kier alpha value is -1.05. The third-order valence-electron chi connectivity index (χ3n) is 6.97. The van der Waals surface area contributed by atoms with Crippen molar-refractivity contribution in [2.75, 3.05) is 32.8 Å². The van der Waals surface area contributed by atoms with Gasteiger partial charge in [-0.25, -0.2) is 4.68 Å².